The maximum atomic E-state index is 12.2. The lowest BCUT2D eigenvalue weighted by Crippen LogP contribution is -2.23. The first-order valence-corrected chi connectivity index (χ1v) is 7.39. The van der Waals surface area contributed by atoms with E-state index in [9.17, 15) is 8.42 Å². The van der Waals surface area contributed by atoms with Crippen molar-refractivity contribution in [1.29, 1.82) is 0 Å². The molecule has 0 radical (unpaired) electrons. The van der Waals surface area contributed by atoms with Gasteiger partial charge in [-0.05, 0) is 34.1 Å². The van der Waals surface area contributed by atoms with Crippen LogP contribution in [0.1, 0.15) is 5.56 Å². The molecule has 0 aliphatic rings. The fourth-order valence-electron chi connectivity index (χ4n) is 1.79. The Hall–Kier alpha value is -2.25. The van der Waals surface area contributed by atoms with Crippen LogP contribution in [-0.2, 0) is 16.6 Å². The van der Waals surface area contributed by atoms with Gasteiger partial charge in [0.1, 0.15) is 11.0 Å². The molecular formula is C13H11N3O3S. The molecule has 6 nitrogen and oxygen atoms in total. The van der Waals surface area contributed by atoms with Gasteiger partial charge >= 0.3 is 0 Å². The van der Waals surface area contributed by atoms with Crippen molar-refractivity contribution in [3.63, 3.8) is 0 Å². The molecule has 20 heavy (non-hydrogen) atoms. The molecular weight excluding hydrogens is 278 g/mol. The summed E-state index contributed by atoms with van der Waals surface area (Å²) in [5.41, 5.74) is 1.82. The van der Waals surface area contributed by atoms with Gasteiger partial charge in [0, 0.05) is 6.54 Å². The molecule has 0 fully saturated rings. The van der Waals surface area contributed by atoms with E-state index >= 15 is 0 Å². The number of hydrogen-bond donors (Lipinski definition) is 1. The van der Waals surface area contributed by atoms with Crippen molar-refractivity contribution in [2.45, 2.75) is 11.4 Å². The number of fused-ring (bicyclic) bond motifs is 1. The lowest BCUT2D eigenvalue weighted by atomic mass is 10.2. The Labute approximate surface area is 115 Å². The van der Waals surface area contributed by atoms with E-state index in [-0.39, 0.29) is 11.4 Å². The van der Waals surface area contributed by atoms with Crippen LogP contribution < -0.4 is 4.72 Å². The van der Waals surface area contributed by atoms with Crippen LogP contribution in [0.5, 0.6) is 0 Å². The monoisotopic (exact) mass is 289 g/mol. The number of nitrogens with one attached hydrogen (secondary N) is 1. The first kappa shape index (κ1) is 12.8. The Bertz CT molecular complexity index is 828. The predicted octanol–water partition coefficient (Wildman–Crippen LogP) is 1.70. The topological polar surface area (TPSA) is 85.1 Å². The summed E-state index contributed by atoms with van der Waals surface area (Å²) in [5.74, 6) is 0. The van der Waals surface area contributed by atoms with Crippen molar-refractivity contribution in [1.82, 2.24) is 15.0 Å². The molecule has 1 aromatic heterocycles. The summed E-state index contributed by atoms with van der Waals surface area (Å²) in [5, 5.41) is 7.27. The van der Waals surface area contributed by atoms with Gasteiger partial charge in [-0.2, -0.15) is 0 Å². The molecule has 0 aliphatic carbocycles. The zero-order valence-corrected chi connectivity index (χ0v) is 11.2. The van der Waals surface area contributed by atoms with Gasteiger partial charge in [-0.1, -0.05) is 30.3 Å². The minimum absolute atomic E-state index is 0.136. The predicted molar refractivity (Wildman–Crippen MR) is 72.3 cm³/mol. The van der Waals surface area contributed by atoms with Gasteiger partial charge in [-0.3, -0.25) is 0 Å². The van der Waals surface area contributed by atoms with E-state index in [4.69, 9.17) is 0 Å². The molecule has 2 aromatic carbocycles. The summed E-state index contributed by atoms with van der Waals surface area (Å²) >= 11 is 0. The summed E-state index contributed by atoms with van der Waals surface area (Å²) < 4.78 is 31.5. The van der Waals surface area contributed by atoms with Gasteiger partial charge in [0.15, 0.2) is 0 Å². The smallest absolute Gasteiger partial charge is 0.240 e. The van der Waals surface area contributed by atoms with Crippen LogP contribution in [-0.4, -0.2) is 18.7 Å². The molecule has 1 N–H and O–H groups in total. The normalized spacial score (nSPS) is 11.8. The van der Waals surface area contributed by atoms with Gasteiger partial charge < -0.3 is 0 Å². The number of rotatable bonds is 4. The highest BCUT2D eigenvalue weighted by Crippen LogP contribution is 2.16. The van der Waals surface area contributed by atoms with Crippen LogP contribution in [0.25, 0.3) is 11.0 Å². The molecule has 3 aromatic rings. The second-order valence-corrected chi connectivity index (χ2v) is 5.99. The van der Waals surface area contributed by atoms with Crippen molar-refractivity contribution in [3.8, 4) is 0 Å². The number of benzene rings is 2. The second kappa shape index (κ2) is 5.03. The third-order valence-corrected chi connectivity index (χ3v) is 4.24. The Morgan fingerprint density at radius 3 is 2.55 bits per heavy atom. The first-order valence-electron chi connectivity index (χ1n) is 5.91. The Balaban J connectivity index is 1.84. The summed E-state index contributed by atoms with van der Waals surface area (Å²) in [4.78, 5) is 0.136. The summed E-state index contributed by atoms with van der Waals surface area (Å²) in [7, 11) is -3.59. The molecule has 0 bridgehead atoms. The van der Waals surface area contributed by atoms with Gasteiger partial charge in [-0.25, -0.2) is 17.8 Å². The highest BCUT2D eigenvalue weighted by molar-refractivity contribution is 7.89. The maximum Gasteiger partial charge on any atom is 0.240 e. The van der Waals surface area contributed by atoms with E-state index in [0.29, 0.717) is 11.0 Å². The van der Waals surface area contributed by atoms with Gasteiger partial charge in [-0.15, -0.1) is 0 Å². The molecule has 7 heteroatoms. The fraction of sp³-hybridized carbons (Fsp3) is 0.0769. The molecule has 0 unspecified atom stereocenters. The molecule has 0 spiro atoms. The average molecular weight is 289 g/mol. The van der Waals surface area contributed by atoms with E-state index in [1.165, 1.54) is 12.1 Å². The van der Waals surface area contributed by atoms with Gasteiger partial charge in [0.05, 0.1) is 4.90 Å². The van der Waals surface area contributed by atoms with Crippen molar-refractivity contribution >= 4 is 21.1 Å². The lowest BCUT2D eigenvalue weighted by molar-refractivity contribution is 0.315. The van der Waals surface area contributed by atoms with E-state index < -0.39 is 10.0 Å². The van der Waals surface area contributed by atoms with Crippen LogP contribution in [0, 0.1) is 0 Å². The standard InChI is InChI=1S/C13H11N3O3S/c17-20(18,14-9-10-4-2-1-3-5-10)11-6-7-12-13(8-11)16-19-15-12/h1-8,14H,9H2. The highest BCUT2D eigenvalue weighted by atomic mass is 32.2. The number of sulfonamides is 1. The van der Waals surface area contributed by atoms with Gasteiger partial charge in [0.2, 0.25) is 10.0 Å². The molecule has 0 aliphatic heterocycles. The van der Waals surface area contributed by atoms with Crippen LogP contribution >= 0.6 is 0 Å². The third kappa shape index (κ3) is 2.54. The number of nitrogens with zero attached hydrogens (tertiary/aromatic N) is 2. The second-order valence-electron chi connectivity index (χ2n) is 4.22. The van der Waals surface area contributed by atoms with Crippen LogP contribution in [0.15, 0.2) is 58.1 Å². The van der Waals surface area contributed by atoms with Crippen molar-refractivity contribution in [3.05, 3.63) is 54.1 Å². The van der Waals surface area contributed by atoms with Crippen molar-refractivity contribution < 1.29 is 13.0 Å². The molecule has 1 heterocycles. The summed E-state index contributed by atoms with van der Waals surface area (Å²) in [6.45, 7) is 0.234. The first-order chi connectivity index (χ1) is 9.65. The number of aromatic nitrogens is 2. The van der Waals surface area contributed by atoms with Gasteiger partial charge in [0.25, 0.3) is 0 Å². The molecule has 0 saturated carbocycles. The Kier molecular flexibility index (Phi) is 3.21. The van der Waals surface area contributed by atoms with E-state index in [0.717, 1.165) is 5.56 Å². The molecule has 0 atom stereocenters. The molecule has 102 valence electrons. The van der Waals surface area contributed by atoms with E-state index in [2.05, 4.69) is 19.7 Å². The Morgan fingerprint density at radius 2 is 1.75 bits per heavy atom. The molecule has 0 amide bonds. The largest absolute Gasteiger partial charge is 0.243 e. The Morgan fingerprint density at radius 1 is 1.00 bits per heavy atom. The maximum absolute atomic E-state index is 12.2. The highest BCUT2D eigenvalue weighted by Gasteiger charge is 2.15. The molecule has 0 saturated heterocycles. The summed E-state index contributed by atoms with van der Waals surface area (Å²) in [6.07, 6.45) is 0. The van der Waals surface area contributed by atoms with E-state index in [1.807, 2.05) is 30.3 Å². The minimum atomic E-state index is -3.59. The zero-order valence-electron chi connectivity index (χ0n) is 10.4. The lowest BCUT2D eigenvalue weighted by Gasteiger charge is -2.06. The summed E-state index contributed by atoms with van der Waals surface area (Å²) in [6, 6.07) is 13.8. The SMILES string of the molecule is O=S(=O)(NCc1ccccc1)c1ccc2nonc2c1. The number of hydrogen-bond acceptors (Lipinski definition) is 5. The van der Waals surface area contributed by atoms with E-state index in [1.54, 1.807) is 6.07 Å². The van der Waals surface area contributed by atoms with Crippen molar-refractivity contribution in [2.24, 2.45) is 0 Å². The van der Waals surface area contributed by atoms with Crippen LogP contribution in [0.3, 0.4) is 0 Å². The zero-order chi connectivity index (χ0) is 14.0. The quantitative estimate of drug-likeness (QED) is 0.790. The van der Waals surface area contributed by atoms with Crippen LogP contribution in [0.4, 0.5) is 0 Å². The van der Waals surface area contributed by atoms with Crippen LogP contribution in [0.2, 0.25) is 0 Å². The molecule has 3 rings (SSSR count). The third-order valence-electron chi connectivity index (χ3n) is 2.84. The van der Waals surface area contributed by atoms with Crippen molar-refractivity contribution in [2.75, 3.05) is 0 Å². The minimum Gasteiger partial charge on any atom is -0.243 e. The average Bonchev–Trinajstić information content (AvgIpc) is 2.94. The fourth-order valence-corrected chi connectivity index (χ4v) is 2.82.